The number of hydrogen-bond acceptors (Lipinski definition) is 6. The van der Waals surface area contributed by atoms with Crippen molar-refractivity contribution in [2.75, 3.05) is 6.61 Å². The van der Waals surface area contributed by atoms with Crippen LogP contribution in [0.5, 0.6) is 0 Å². The van der Waals surface area contributed by atoms with Gasteiger partial charge in [0.1, 0.15) is 0 Å². The predicted octanol–water partition coefficient (Wildman–Crippen LogP) is 2.91. The fourth-order valence-corrected chi connectivity index (χ4v) is 4.77. The van der Waals surface area contributed by atoms with E-state index in [0.29, 0.717) is 24.9 Å². The van der Waals surface area contributed by atoms with E-state index in [-0.39, 0.29) is 41.9 Å². The maximum absolute atomic E-state index is 13.3. The molecule has 2 heterocycles. The Kier molecular flexibility index (Phi) is 5.19. The van der Waals surface area contributed by atoms with Gasteiger partial charge in [0.25, 0.3) is 5.91 Å². The van der Waals surface area contributed by atoms with E-state index in [1.807, 2.05) is 0 Å². The van der Waals surface area contributed by atoms with Gasteiger partial charge in [-0.05, 0) is 37.3 Å². The van der Waals surface area contributed by atoms with Crippen molar-refractivity contribution in [3.63, 3.8) is 0 Å². The highest BCUT2D eigenvalue weighted by molar-refractivity contribution is 5.99. The summed E-state index contributed by atoms with van der Waals surface area (Å²) in [5.41, 5.74) is 0.716. The third-order valence-corrected chi connectivity index (χ3v) is 6.95. The minimum Gasteiger partial charge on any atom is -0.395 e. The predicted molar refractivity (Wildman–Crippen MR) is 108 cm³/mol. The molecule has 8 nitrogen and oxygen atoms in total. The lowest BCUT2D eigenvalue weighted by Gasteiger charge is -2.38. The van der Waals surface area contributed by atoms with Gasteiger partial charge in [-0.3, -0.25) is 9.59 Å². The fraction of sp³-hybridized carbons (Fsp3) is 0.545. The number of carbonyl (C=O) groups is 2. The number of nitrogens with zero attached hydrogens (tertiary/aromatic N) is 3. The van der Waals surface area contributed by atoms with E-state index in [2.05, 4.69) is 20.0 Å². The molecule has 33 heavy (non-hydrogen) atoms. The van der Waals surface area contributed by atoms with Crippen molar-refractivity contribution in [2.45, 2.75) is 63.3 Å². The molecule has 176 valence electrons. The van der Waals surface area contributed by atoms with E-state index in [0.717, 1.165) is 31.2 Å². The number of aliphatic hydroxyl groups is 1. The second kappa shape index (κ2) is 7.82. The Morgan fingerprint density at radius 2 is 2.03 bits per heavy atom. The molecular formula is C22H23F3N4O4. The molecule has 2 aromatic rings. The first-order valence-corrected chi connectivity index (χ1v) is 11.0. The number of rotatable bonds is 5. The number of hydrogen-bond donors (Lipinski definition) is 2. The Morgan fingerprint density at radius 1 is 1.27 bits per heavy atom. The van der Waals surface area contributed by atoms with Crippen LogP contribution in [0.2, 0.25) is 0 Å². The van der Waals surface area contributed by atoms with Gasteiger partial charge in [-0.25, -0.2) is 0 Å². The van der Waals surface area contributed by atoms with E-state index in [9.17, 15) is 27.9 Å². The number of nitrogens with one attached hydrogen (secondary N) is 1. The van der Waals surface area contributed by atoms with Gasteiger partial charge in [0, 0.05) is 23.7 Å². The highest BCUT2D eigenvalue weighted by atomic mass is 19.4. The second-order valence-electron chi connectivity index (χ2n) is 9.10. The summed E-state index contributed by atoms with van der Waals surface area (Å²) in [4.78, 5) is 31.1. The van der Waals surface area contributed by atoms with Crippen LogP contribution in [0.1, 0.15) is 60.3 Å². The molecule has 2 fully saturated rings. The van der Waals surface area contributed by atoms with Crippen molar-refractivity contribution in [1.82, 2.24) is 20.4 Å². The summed E-state index contributed by atoms with van der Waals surface area (Å²) in [6.07, 6.45) is -0.0754. The number of amides is 2. The smallest absolute Gasteiger partial charge is 0.395 e. The normalized spacial score (nSPS) is 24.0. The highest BCUT2D eigenvalue weighted by Crippen LogP contribution is 2.45. The Morgan fingerprint density at radius 3 is 2.70 bits per heavy atom. The molecule has 1 aromatic heterocycles. The Bertz CT molecular complexity index is 1100. The van der Waals surface area contributed by atoms with E-state index >= 15 is 0 Å². The molecule has 2 atom stereocenters. The number of alkyl halides is 3. The van der Waals surface area contributed by atoms with Gasteiger partial charge < -0.3 is 19.8 Å². The Balaban J connectivity index is 1.35. The lowest BCUT2D eigenvalue weighted by atomic mass is 9.88. The third-order valence-electron chi connectivity index (χ3n) is 6.95. The number of aliphatic hydroxyl groups excluding tert-OH is 1. The van der Waals surface area contributed by atoms with E-state index in [4.69, 9.17) is 0 Å². The molecule has 2 aliphatic carbocycles. The molecule has 1 aliphatic heterocycles. The van der Waals surface area contributed by atoms with E-state index in [1.165, 1.54) is 6.07 Å². The summed E-state index contributed by atoms with van der Waals surface area (Å²) in [6, 6.07) is 4.35. The molecule has 2 N–H and O–H groups in total. The topological polar surface area (TPSA) is 109 Å². The Hall–Kier alpha value is -2.95. The lowest BCUT2D eigenvalue weighted by molar-refractivity contribution is -0.159. The van der Waals surface area contributed by atoms with Crippen LogP contribution < -0.4 is 5.32 Å². The molecule has 2 saturated carbocycles. The largest absolute Gasteiger partial charge is 0.471 e. The molecule has 0 bridgehead atoms. The molecule has 0 spiro atoms. The third kappa shape index (κ3) is 3.88. The van der Waals surface area contributed by atoms with Crippen molar-refractivity contribution in [2.24, 2.45) is 5.41 Å². The van der Waals surface area contributed by atoms with Gasteiger partial charge in [0.2, 0.25) is 11.7 Å². The SMILES string of the molecule is O=C1c2cc(-c3noc(C(F)(F)F)n3)ccc2CN1[C@@H]1CCCC[C@H]1NC(=O)C1(CO)CC1. The quantitative estimate of drug-likeness (QED) is 0.705. The van der Waals surface area contributed by atoms with Crippen molar-refractivity contribution in [3.05, 3.63) is 35.2 Å². The average molecular weight is 464 g/mol. The van der Waals surface area contributed by atoms with E-state index < -0.39 is 17.5 Å². The molecule has 5 rings (SSSR count). The molecule has 1 aromatic carbocycles. The molecule has 11 heteroatoms. The van der Waals surface area contributed by atoms with E-state index in [1.54, 1.807) is 17.0 Å². The first-order chi connectivity index (χ1) is 15.7. The maximum Gasteiger partial charge on any atom is 0.471 e. The van der Waals surface area contributed by atoms with Crippen molar-refractivity contribution in [1.29, 1.82) is 0 Å². The van der Waals surface area contributed by atoms with Gasteiger partial charge in [-0.15, -0.1) is 0 Å². The molecule has 0 radical (unpaired) electrons. The van der Waals surface area contributed by atoms with Crippen LogP contribution in [0.3, 0.4) is 0 Å². The van der Waals surface area contributed by atoms with Gasteiger partial charge in [-0.2, -0.15) is 18.2 Å². The number of halogens is 3. The van der Waals surface area contributed by atoms with Gasteiger partial charge in [-0.1, -0.05) is 30.1 Å². The lowest BCUT2D eigenvalue weighted by Crippen LogP contribution is -2.55. The Labute approximate surface area is 187 Å². The summed E-state index contributed by atoms with van der Waals surface area (Å²) in [5, 5.41) is 16.0. The van der Waals surface area contributed by atoms with Gasteiger partial charge in [0.05, 0.1) is 18.1 Å². The first-order valence-electron chi connectivity index (χ1n) is 11.0. The number of aromatic nitrogens is 2. The van der Waals surface area contributed by atoms with Crippen LogP contribution in [0.15, 0.2) is 22.7 Å². The molecule has 3 aliphatic rings. The van der Waals surface area contributed by atoms with Crippen LogP contribution in [0, 0.1) is 5.41 Å². The van der Waals surface area contributed by atoms with Crippen molar-refractivity contribution in [3.8, 4) is 11.4 Å². The number of benzene rings is 1. The monoisotopic (exact) mass is 464 g/mol. The van der Waals surface area contributed by atoms with Crippen molar-refractivity contribution < 1.29 is 32.4 Å². The van der Waals surface area contributed by atoms with Crippen LogP contribution in [0.4, 0.5) is 13.2 Å². The van der Waals surface area contributed by atoms with Crippen molar-refractivity contribution >= 4 is 11.8 Å². The zero-order valence-corrected chi connectivity index (χ0v) is 17.7. The maximum atomic E-state index is 13.3. The summed E-state index contributed by atoms with van der Waals surface area (Å²) in [7, 11) is 0. The summed E-state index contributed by atoms with van der Waals surface area (Å²) < 4.78 is 42.6. The standard InChI is InChI=1S/C22H23F3N4O4/c23-22(24,25)20-27-17(28-33-20)12-5-6-13-10-29(18(31)14(13)9-12)16-4-2-1-3-15(16)26-19(32)21(11-30)7-8-21/h5-6,9,15-16,30H,1-4,7-8,10-11H2,(H,26,32)/t15-,16-/m1/s1. The number of fused-ring (bicyclic) bond motifs is 1. The first kappa shape index (κ1) is 21.9. The zero-order chi connectivity index (χ0) is 23.4. The fourth-order valence-electron chi connectivity index (χ4n) is 4.77. The summed E-state index contributed by atoms with van der Waals surface area (Å²) in [5.74, 6) is -2.08. The minimum absolute atomic E-state index is 0.161. The summed E-state index contributed by atoms with van der Waals surface area (Å²) >= 11 is 0. The molecule has 0 unspecified atom stereocenters. The van der Waals surface area contributed by atoms with Crippen LogP contribution in [-0.2, 0) is 17.5 Å². The molecular weight excluding hydrogens is 441 g/mol. The van der Waals surface area contributed by atoms with Gasteiger partial charge >= 0.3 is 12.1 Å². The van der Waals surface area contributed by atoms with Gasteiger partial charge in [0.15, 0.2) is 0 Å². The van der Waals surface area contributed by atoms with Crippen LogP contribution in [0.25, 0.3) is 11.4 Å². The minimum atomic E-state index is -4.75. The van der Waals surface area contributed by atoms with Crippen LogP contribution in [-0.4, -0.2) is 50.7 Å². The van der Waals surface area contributed by atoms with Crippen LogP contribution >= 0.6 is 0 Å². The molecule has 0 saturated heterocycles. The zero-order valence-electron chi connectivity index (χ0n) is 17.7. The average Bonchev–Trinajstić information content (AvgIpc) is 3.30. The second-order valence-corrected chi connectivity index (χ2v) is 9.10. The number of carbonyl (C=O) groups excluding carboxylic acids is 2. The highest BCUT2D eigenvalue weighted by Gasteiger charge is 2.50. The summed E-state index contributed by atoms with van der Waals surface area (Å²) in [6.45, 7) is 0.176. The molecule has 2 amide bonds.